The van der Waals surface area contributed by atoms with Gasteiger partial charge in [-0.1, -0.05) is 6.07 Å². The summed E-state index contributed by atoms with van der Waals surface area (Å²) in [7, 11) is 0. The van der Waals surface area contributed by atoms with Gasteiger partial charge in [0.25, 0.3) is 0 Å². The summed E-state index contributed by atoms with van der Waals surface area (Å²) < 4.78 is 2.23. The van der Waals surface area contributed by atoms with Crippen LogP contribution in [0.2, 0.25) is 0 Å². The van der Waals surface area contributed by atoms with Gasteiger partial charge in [0.15, 0.2) is 0 Å². The molecule has 0 amide bonds. The molecule has 100 valence electrons. The van der Waals surface area contributed by atoms with E-state index in [0.717, 1.165) is 20.4 Å². The van der Waals surface area contributed by atoms with Crippen LogP contribution < -0.4 is 5.73 Å². The number of aryl methyl sites for hydroxylation is 1. The van der Waals surface area contributed by atoms with E-state index in [0.29, 0.717) is 5.92 Å². The standard InChI is InChI=1S/C14H14Br2N2S/c15-11-7-10(14(16)19-11)12(17)9-5-1-3-8-4-2-6-18-13(8)9/h2,4,6-7,9,12H,1,3,5,17H2. The first kappa shape index (κ1) is 13.7. The van der Waals surface area contributed by atoms with Crippen molar-refractivity contribution in [2.45, 2.75) is 31.2 Å². The SMILES string of the molecule is NC(c1cc(Br)sc1Br)C1CCCc2cccnc21. The van der Waals surface area contributed by atoms with E-state index >= 15 is 0 Å². The van der Waals surface area contributed by atoms with Crippen molar-refractivity contribution in [3.63, 3.8) is 0 Å². The van der Waals surface area contributed by atoms with Gasteiger partial charge in [0.2, 0.25) is 0 Å². The zero-order valence-corrected chi connectivity index (χ0v) is 14.3. The van der Waals surface area contributed by atoms with E-state index < -0.39 is 0 Å². The van der Waals surface area contributed by atoms with Crippen LogP contribution >= 0.6 is 43.2 Å². The largest absolute Gasteiger partial charge is 0.323 e. The van der Waals surface area contributed by atoms with Crippen LogP contribution in [0.4, 0.5) is 0 Å². The fourth-order valence-electron chi connectivity index (χ4n) is 2.79. The Balaban J connectivity index is 1.97. The first-order chi connectivity index (χ1) is 9.16. The van der Waals surface area contributed by atoms with Gasteiger partial charge in [0.1, 0.15) is 0 Å². The Hall–Kier alpha value is -0.230. The van der Waals surface area contributed by atoms with Crippen LogP contribution in [0.3, 0.4) is 0 Å². The van der Waals surface area contributed by atoms with Crippen molar-refractivity contribution >= 4 is 43.2 Å². The number of halogens is 2. The van der Waals surface area contributed by atoms with Crippen molar-refractivity contribution in [3.8, 4) is 0 Å². The first-order valence-electron chi connectivity index (χ1n) is 6.31. The van der Waals surface area contributed by atoms with Crippen LogP contribution in [-0.4, -0.2) is 4.98 Å². The van der Waals surface area contributed by atoms with Gasteiger partial charge in [-0.2, -0.15) is 0 Å². The van der Waals surface area contributed by atoms with Gasteiger partial charge in [-0.3, -0.25) is 4.98 Å². The molecule has 1 aliphatic rings. The Labute approximate surface area is 133 Å². The fourth-order valence-corrected chi connectivity index (χ4v) is 5.75. The second-order valence-corrected chi connectivity index (χ2v) is 8.60. The van der Waals surface area contributed by atoms with Crippen LogP contribution in [0.15, 0.2) is 32.0 Å². The number of rotatable bonds is 2. The number of nitrogens with two attached hydrogens (primary N) is 1. The molecule has 0 radical (unpaired) electrons. The topological polar surface area (TPSA) is 38.9 Å². The van der Waals surface area contributed by atoms with Crippen molar-refractivity contribution < 1.29 is 0 Å². The summed E-state index contributed by atoms with van der Waals surface area (Å²) in [6, 6.07) is 6.33. The molecule has 0 fully saturated rings. The summed E-state index contributed by atoms with van der Waals surface area (Å²) in [6.07, 6.45) is 5.31. The van der Waals surface area contributed by atoms with Crippen LogP contribution in [0.1, 0.15) is 41.6 Å². The van der Waals surface area contributed by atoms with Crippen molar-refractivity contribution in [1.29, 1.82) is 0 Å². The number of hydrogen-bond acceptors (Lipinski definition) is 3. The lowest BCUT2D eigenvalue weighted by Crippen LogP contribution is -2.24. The van der Waals surface area contributed by atoms with Gasteiger partial charge in [-0.15, -0.1) is 11.3 Å². The molecule has 0 spiro atoms. The highest BCUT2D eigenvalue weighted by atomic mass is 79.9. The Kier molecular flexibility index (Phi) is 4.08. The van der Waals surface area contributed by atoms with E-state index in [1.165, 1.54) is 23.2 Å². The maximum atomic E-state index is 6.51. The lowest BCUT2D eigenvalue weighted by Gasteiger charge is -2.29. The minimum Gasteiger partial charge on any atom is -0.323 e. The number of pyridine rings is 1. The third-order valence-electron chi connectivity index (χ3n) is 3.71. The minimum atomic E-state index is 0.00544. The molecule has 0 bridgehead atoms. The molecule has 2 heterocycles. The number of aromatic nitrogens is 1. The first-order valence-corrected chi connectivity index (χ1v) is 8.71. The van der Waals surface area contributed by atoms with Gasteiger partial charge in [-0.25, -0.2) is 0 Å². The normalized spacial score (nSPS) is 20.1. The summed E-state index contributed by atoms with van der Waals surface area (Å²) in [6.45, 7) is 0. The molecule has 2 aromatic rings. The second-order valence-electron chi connectivity index (χ2n) is 4.85. The molecule has 0 saturated heterocycles. The van der Waals surface area contributed by atoms with E-state index in [9.17, 15) is 0 Å². The van der Waals surface area contributed by atoms with Gasteiger partial charge in [0, 0.05) is 23.9 Å². The molecule has 1 aliphatic carbocycles. The highest BCUT2D eigenvalue weighted by Gasteiger charge is 2.29. The lowest BCUT2D eigenvalue weighted by atomic mass is 9.80. The second kappa shape index (κ2) is 5.64. The zero-order valence-electron chi connectivity index (χ0n) is 10.3. The van der Waals surface area contributed by atoms with Crippen molar-refractivity contribution in [3.05, 3.63) is 48.8 Å². The molecule has 2 aromatic heterocycles. The zero-order chi connectivity index (χ0) is 13.4. The third-order valence-corrected chi connectivity index (χ3v) is 6.10. The lowest BCUT2D eigenvalue weighted by molar-refractivity contribution is 0.462. The van der Waals surface area contributed by atoms with Crippen LogP contribution in [0.5, 0.6) is 0 Å². The number of thiophene rings is 1. The summed E-state index contributed by atoms with van der Waals surface area (Å²) >= 11 is 8.81. The summed E-state index contributed by atoms with van der Waals surface area (Å²) in [5.74, 6) is 0.322. The molecule has 3 rings (SSSR count). The maximum absolute atomic E-state index is 6.51. The third kappa shape index (κ3) is 2.66. The molecule has 2 N–H and O–H groups in total. The highest BCUT2D eigenvalue weighted by molar-refractivity contribution is 9.12. The van der Waals surface area contributed by atoms with Crippen molar-refractivity contribution in [2.24, 2.45) is 5.73 Å². The Morgan fingerprint density at radius 1 is 1.42 bits per heavy atom. The molecule has 2 unspecified atom stereocenters. The van der Waals surface area contributed by atoms with Gasteiger partial charge < -0.3 is 5.73 Å². The van der Waals surface area contributed by atoms with Crippen molar-refractivity contribution in [2.75, 3.05) is 0 Å². The monoisotopic (exact) mass is 400 g/mol. The van der Waals surface area contributed by atoms with E-state index in [1.54, 1.807) is 11.3 Å². The van der Waals surface area contributed by atoms with Gasteiger partial charge in [-0.05, 0) is 74.4 Å². The average molecular weight is 402 g/mol. The van der Waals surface area contributed by atoms with Gasteiger partial charge in [0.05, 0.1) is 7.57 Å². The highest BCUT2D eigenvalue weighted by Crippen LogP contribution is 2.43. The summed E-state index contributed by atoms with van der Waals surface area (Å²) in [5.41, 5.74) is 10.2. The molecule has 19 heavy (non-hydrogen) atoms. The molecular weight excluding hydrogens is 388 g/mol. The van der Waals surface area contributed by atoms with Crippen LogP contribution in [-0.2, 0) is 6.42 Å². The Bertz CT molecular complexity index is 597. The number of fused-ring (bicyclic) bond motifs is 1. The summed E-state index contributed by atoms with van der Waals surface area (Å²) in [4.78, 5) is 4.58. The fraction of sp³-hybridized carbons (Fsp3) is 0.357. The average Bonchev–Trinajstić information content (AvgIpc) is 2.76. The van der Waals surface area contributed by atoms with E-state index in [4.69, 9.17) is 5.73 Å². The van der Waals surface area contributed by atoms with E-state index in [-0.39, 0.29) is 6.04 Å². The smallest absolute Gasteiger partial charge is 0.0758 e. The number of nitrogens with zero attached hydrogens (tertiary/aromatic N) is 1. The molecule has 2 nitrogen and oxygen atoms in total. The Morgan fingerprint density at radius 3 is 3.00 bits per heavy atom. The van der Waals surface area contributed by atoms with Crippen molar-refractivity contribution in [1.82, 2.24) is 4.98 Å². The predicted octanol–water partition coefficient (Wildman–Crippen LogP) is 4.79. The molecule has 2 atom stereocenters. The molecular formula is C14H14Br2N2S. The molecule has 0 saturated carbocycles. The van der Waals surface area contributed by atoms with E-state index in [1.807, 2.05) is 12.3 Å². The molecule has 0 aromatic carbocycles. The minimum absolute atomic E-state index is 0.00544. The maximum Gasteiger partial charge on any atom is 0.0758 e. The van der Waals surface area contributed by atoms with Gasteiger partial charge >= 0.3 is 0 Å². The summed E-state index contributed by atoms with van der Waals surface area (Å²) in [5, 5.41) is 0. The molecule has 0 aliphatic heterocycles. The predicted molar refractivity (Wildman–Crippen MR) is 86.6 cm³/mol. The van der Waals surface area contributed by atoms with E-state index in [2.05, 4.69) is 49.0 Å². The van der Waals surface area contributed by atoms with Crippen LogP contribution in [0.25, 0.3) is 0 Å². The quantitative estimate of drug-likeness (QED) is 0.785. The van der Waals surface area contributed by atoms with Crippen LogP contribution in [0, 0.1) is 0 Å². The Morgan fingerprint density at radius 2 is 2.26 bits per heavy atom. The molecule has 5 heteroatoms. The number of hydrogen-bond donors (Lipinski definition) is 1.